The molecule has 0 spiro atoms. The second-order valence-electron chi connectivity index (χ2n) is 3.59. The molecule has 1 atom stereocenters. The zero-order chi connectivity index (χ0) is 10.6. The number of likely N-dealkylation sites (tertiary alicyclic amines) is 1. The molecule has 1 amide bonds. The van der Waals surface area contributed by atoms with E-state index in [-0.39, 0.29) is 5.91 Å². The predicted molar refractivity (Wildman–Crippen MR) is 62.0 cm³/mol. The molecular formula is C11H16BrNO. The van der Waals surface area contributed by atoms with Crippen LogP contribution in [0.3, 0.4) is 0 Å². The van der Waals surface area contributed by atoms with Crippen LogP contribution in [0.1, 0.15) is 32.6 Å². The highest BCUT2D eigenvalue weighted by molar-refractivity contribution is 9.11. The van der Waals surface area contributed by atoms with Crippen LogP contribution in [0.25, 0.3) is 0 Å². The highest BCUT2D eigenvalue weighted by atomic mass is 79.9. The minimum absolute atomic E-state index is 0.224. The van der Waals surface area contributed by atoms with E-state index < -0.39 is 0 Å². The molecule has 1 fully saturated rings. The van der Waals surface area contributed by atoms with Gasteiger partial charge in [-0.05, 0) is 26.2 Å². The summed E-state index contributed by atoms with van der Waals surface area (Å²) in [5.74, 6) is 0.224. The van der Waals surface area contributed by atoms with E-state index in [0.29, 0.717) is 12.5 Å². The van der Waals surface area contributed by atoms with Gasteiger partial charge in [-0.3, -0.25) is 4.79 Å². The predicted octanol–water partition coefficient (Wildman–Crippen LogP) is 3.20. The Balaban J connectivity index is 2.75. The molecule has 1 aliphatic rings. The number of halogens is 1. The Bertz CT molecular complexity index is 256. The summed E-state index contributed by atoms with van der Waals surface area (Å²) in [5.41, 5.74) is 0. The number of carbonyl (C=O) groups is 1. The van der Waals surface area contributed by atoms with Crippen LogP contribution in [0.2, 0.25) is 0 Å². The van der Waals surface area contributed by atoms with E-state index in [1.54, 1.807) is 0 Å². The van der Waals surface area contributed by atoms with Crippen LogP contribution in [0.15, 0.2) is 23.3 Å². The normalized spacial score (nSPS) is 23.9. The number of carbonyl (C=O) groups excluding carboxylic acids is 1. The maximum atomic E-state index is 11.6. The molecule has 1 rings (SSSR count). The van der Waals surface area contributed by atoms with E-state index in [2.05, 4.69) is 22.5 Å². The molecule has 0 aromatic carbocycles. The lowest BCUT2D eigenvalue weighted by molar-refractivity contribution is -0.132. The van der Waals surface area contributed by atoms with E-state index in [0.717, 1.165) is 23.7 Å². The highest BCUT2D eigenvalue weighted by Crippen LogP contribution is 2.22. The lowest BCUT2D eigenvalue weighted by atomic mass is 9.99. The van der Waals surface area contributed by atoms with Gasteiger partial charge in [0.1, 0.15) is 0 Å². The molecule has 1 unspecified atom stereocenters. The van der Waals surface area contributed by atoms with Crippen molar-refractivity contribution in [2.45, 2.75) is 38.6 Å². The van der Waals surface area contributed by atoms with Gasteiger partial charge in [-0.2, -0.15) is 0 Å². The van der Waals surface area contributed by atoms with Crippen molar-refractivity contribution in [2.75, 3.05) is 0 Å². The molecule has 0 aliphatic carbocycles. The number of amides is 1. The van der Waals surface area contributed by atoms with Crippen molar-refractivity contribution in [3.63, 3.8) is 0 Å². The first kappa shape index (κ1) is 11.5. The average Bonchev–Trinajstić information content (AvgIpc) is 2.11. The van der Waals surface area contributed by atoms with E-state index in [4.69, 9.17) is 0 Å². The minimum atomic E-state index is 0.224. The zero-order valence-electron chi connectivity index (χ0n) is 8.50. The number of hydrogen-bond acceptors (Lipinski definition) is 1. The van der Waals surface area contributed by atoms with Gasteiger partial charge < -0.3 is 4.90 Å². The van der Waals surface area contributed by atoms with Gasteiger partial charge in [0.2, 0.25) is 5.91 Å². The maximum absolute atomic E-state index is 11.6. The van der Waals surface area contributed by atoms with Gasteiger partial charge in [0, 0.05) is 23.1 Å². The highest BCUT2D eigenvalue weighted by Gasteiger charge is 2.25. The molecule has 1 heterocycles. The summed E-state index contributed by atoms with van der Waals surface area (Å²) >= 11 is 3.36. The fraction of sp³-hybridized carbons (Fsp3) is 0.545. The molecule has 3 heteroatoms. The summed E-state index contributed by atoms with van der Waals surface area (Å²) in [5, 5.41) is 0. The smallest absolute Gasteiger partial charge is 0.226 e. The third-order valence-corrected chi connectivity index (χ3v) is 2.57. The van der Waals surface area contributed by atoms with Crippen LogP contribution in [-0.4, -0.2) is 16.8 Å². The van der Waals surface area contributed by atoms with Gasteiger partial charge in [0.05, 0.1) is 0 Å². The van der Waals surface area contributed by atoms with Crippen molar-refractivity contribution in [2.24, 2.45) is 0 Å². The Labute approximate surface area is 93.8 Å². The number of rotatable bonds is 3. The molecule has 0 N–H and O–H groups in total. The Kier molecular flexibility index (Phi) is 4.39. The Morgan fingerprint density at radius 3 is 3.07 bits per heavy atom. The topological polar surface area (TPSA) is 20.3 Å². The van der Waals surface area contributed by atoms with Crippen LogP contribution in [0, 0.1) is 0 Å². The molecule has 1 saturated heterocycles. The van der Waals surface area contributed by atoms with Crippen molar-refractivity contribution < 1.29 is 4.79 Å². The van der Waals surface area contributed by atoms with E-state index in [9.17, 15) is 4.79 Å². The molecule has 0 saturated carbocycles. The first-order chi connectivity index (χ1) is 6.65. The van der Waals surface area contributed by atoms with Gasteiger partial charge in [-0.25, -0.2) is 0 Å². The molecule has 1 aliphatic heterocycles. The zero-order valence-corrected chi connectivity index (χ0v) is 10.1. The van der Waals surface area contributed by atoms with Gasteiger partial charge in [0.25, 0.3) is 0 Å². The first-order valence-corrected chi connectivity index (χ1v) is 5.70. The molecule has 0 aromatic heterocycles. The summed E-state index contributed by atoms with van der Waals surface area (Å²) in [6, 6.07) is 0.307. The number of nitrogens with zero attached hydrogens (tertiary/aromatic N) is 1. The lowest BCUT2D eigenvalue weighted by Crippen LogP contribution is -2.39. The fourth-order valence-corrected chi connectivity index (χ4v) is 1.97. The molecular weight excluding hydrogens is 242 g/mol. The monoisotopic (exact) mass is 257 g/mol. The quantitative estimate of drug-likeness (QED) is 0.712. The van der Waals surface area contributed by atoms with Gasteiger partial charge in [-0.15, -0.1) is 6.58 Å². The molecule has 78 valence electrons. The molecule has 14 heavy (non-hydrogen) atoms. The van der Waals surface area contributed by atoms with E-state index in [1.165, 1.54) is 0 Å². The second kappa shape index (κ2) is 5.35. The average molecular weight is 258 g/mol. The van der Waals surface area contributed by atoms with Gasteiger partial charge in [-0.1, -0.05) is 22.0 Å². The van der Waals surface area contributed by atoms with Crippen molar-refractivity contribution in [3.05, 3.63) is 23.3 Å². The number of piperidine rings is 1. The molecule has 0 aromatic rings. The lowest BCUT2D eigenvalue weighted by Gasteiger charge is -2.32. The summed E-state index contributed by atoms with van der Waals surface area (Å²) in [4.78, 5) is 13.5. The third-order valence-electron chi connectivity index (χ3n) is 2.37. The molecule has 2 nitrogen and oxygen atoms in total. The van der Waals surface area contributed by atoms with Crippen molar-refractivity contribution in [1.82, 2.24) is 4.90 Å². The molecule has 0 bridgehead atoms. The largest absolute Gasteiger partial charge is 0.315 e. The van der Waals surface area contributed by atoms with Crippen LogP contribution in [0.4, 0.5) is 0 Å². The Morgan fingerprint density at radius 2 is 2.50 bits per heavy atom. The van der Waals surface area contributed by atoms with Crippen LogP contribution in [0.5, 0.6) is 0 Å². The van der Waals surface area contributed by atoms with Crippen LogP contribution >= 0.6 is 15.9 Å². The standard InChI is InChI=1S/C11H16BrNO/c1-3-5-10-6-4-7-11(14)13(10)8-9(2)12/h3,8,10H,1,4-7H2,2H3/b9-8-. The summed E-state index contributed by atoms with van der Waals surface area (Å²) in [6.07, 6.45) is 7.40. The molecule has 0 radical (unpaired) electrons. The van der Waals surface area contributed by atoms with E-state index in [1.807, 2.05) is 24.1 Å². The number of allylic oxidation sites excluding steroid dienone is 1. The van der Waals surface area contributed by atoms with E-state index >= 15 is 0 Å². The van der Waals surface area contributed by atoms with Gasteiger partial charge >= 0.3 is 0 Å². The minimum Gasteiger partial charge on any atom is -0.315 e. The Hall–Kier alpha value is -0.570. The van der Waals surface area contributed by atoms with Crippen LogP contribution in [-0.2, 0) is 4.79 Å². The summed E-state index contributed by atoms with van der Waals surface area (Å²) < 4.78 is 0.988. The van der Waals surface area contributed by atoms with Crippen molar-refractivity contribution in [3.8, 4) is 0 Å². The SMILES string of the molecule is C=CCC1CCCC(=O)N1/C=C(/C)Br. The van der Waals surface area contributed by atoms with Gasteiger partial charge in [0.15, 0.2) is 0 Å². The summed E-state index contributed by atoms with van der Waals surface area (Å²) in [7, 11) is 0. The number of hydrogen-bond donors (Lipinski definition) is 0. The maximum Gasteiger partial charge on any atom is 0.226 e. The third kappa shape index (κ3) is 2.98. The van der Waals surface area contributed by atoms with Crippen LogP contribution < -0.4 is 0 Å². The summed E-state index contributed by atoms with van der Waals surface area (Å²) in [6.45, 7) is 5.66. The first-order valence-electron chi connectivity index (χ1n) is 4.91. The van der Waals surface area contributed by atoms with Crippen molar-refractivity contribution >= 4 is 21.8 Å². The fourth-order valence-electron chi connectivity index (χ4n) is 1.75. The second-order valence-corrected chi connectivity index (χ2v) is 4.84. The Morgan fingerprint density at radius 1 is 1.79 bits per heavy atom. The van der Waals surface area contributed by atoms with Crippen molar-refractivity contribution in [1.29, 1.82) is 0 Å².